The lowest BCUT2D eigenvalue weighted by Gasteiger charge is -2.09. The summed E-state index contributed by atoms with van der Waals surface area (Å²) in [5, 5.41) is 16.2. The highest BCUT2D eigenvalue weighted by Gasteiger charge is 2.37. The zero-order valence-electron chi connectivity index (χ0n) is 12.4. The molecular weight excluding hydrogens is 347 g/mol. The summed E-state index contributed by atoms with van der Waals surface area (Å²) in [6.45, 7) is 0. The third-order valence-corrected chi connectivity index (χ3v) is 3.12. The maximum Gasteiger partial charge on any atom is 0.437 e. The fourth-order valence-electron chi connectivity index (χ4n) is 1.95. The van der Waals surface area contributed by atoms with Gasteiger partial charge < -0.3 is 9.52 Å². The van der Waals surface area contributed by atoms with Gasteiger partial charge >= 0.3 is 17.9 Å². The molecule has 1 N–H and O–H groups in total. The zero-order valence-corrected chi connectivity index (χ0v) is 12.4. The molecule has 3 heterocycles. The van der Waals surface area contributed by atoms with Gasteiger partial charge in [0.1, 0.15) is 0 Å². The van der Waals surface area contributed by atoms with Gasteiger partial charge in [-0.05, 0) is 12.1 Å². The topological polar surface area (TPSA) is 116 Å². The molecule has 0 radical (unpaired) electrons. The third kappa shape index (κ3) is 3.00. The Balaban J connectivity index is 2.14. The number of carboxylic acids is 1. The maximum atomic E-state index is 13.3. The lowest BCUT2D eigenvalue weighted by Crippen LogP contribution is -2.14. The minimum absolute atomic E-state index is 0.194. The summed E-state index contributed by atoms with van der Waals surface area (Å²) in [5.41, 5.74) is -1.71. The molecule has 12 heteroatoms. The van der Waals surface area contributed by atoms with Crippen molar-refractivity contribution in [2.45, 2.75) is 6.18 Å². The molecule has 0 spiro atoms. The van der Waals surface area contributed by atoms with Gasteiger partial charge in [-0.2, -0.15) is 23.0 Å². The molecule has 9 nitrogen and oxygen atoms in total. The van der Waals surface area contributed by atoms with Gasteiger partial charge in [0.25, 0.3) is 5.89 Å². The van der Waals surface area contributed by atoms with Gasteiger partial charge in [-0.25, -0.2) is 19.3 Å². The van der Waals surface area contributed by atoms with Crippen molar-refractivity contribution >= 4 is 5.97 Å². The van der Waals surface area contributed by atoms with Crippen LogP contribution >= 0.6 is 0 Å². The number of carboxylic acid groups (broad SMARTS) is 1. The summed E-state index contributed by atoms with van der Waals surface area (Å²) in [4.78, 5) is 25.8. The normalized spacial score (nSPS) is 11.7. The minimum atomic E-state index is -4.78. The van der Waals surface area contributed by atoms with E-state index in [2.05, 4.69) is 15.2 Å². The van der Waals surface area contributed by atoms with Crippen molar-refractivity contribution in [3.63, 3.8) is 0 Å². The number of aryl methyl sites for hydroxylation is 1. The third-order valence-electron chi connectivity index (χ3n) is 3.12. The average molecular weight is 355 g/mol. The summed E-state index contributed by atoms with van der Waals surface area (Å²) in [5.74, 6) is -2.78. The van der Waals surface area contributed by atoms with Gasteiger partial charge in [-0.3, -0.25) is 0 Å². The molecule has 0 aliphatic heterocycles. The minimum Gasteiger partial charge on any atom is -0.478 e. The second kappa shape index (κ2) is 5.58. The van der Waals surface area contributed by atoms with Crippen LogP contribution < -0.4 is 5.76 Å². The molecule has 3 aromatic rings. The van der Waals surface area contributed by atoms with Crippen LogP contribution in [0.2, 0.25) is 0 Å². The number of carbonyl (C=O) groups is 1. The molecule has 0 bridgehead atoms. The molecule has 3 aromatic heterocycles. The molecule has 0 saturated carbocycles. The monoisotopic (exact) mass is 355 g/mol. The molecule has 0 fully saturated rings. The highest BCUT2D eigenvalue weighted by molar-refractivity contribution is 5.87. The predicted molar refractivity (Wildman–Crippen MR) is 74.1 cm³/mol. The Morgan fingerprint density at radius 1 is 1.28 bits per heavy atom. The van der Waals surface area contributed by atoms with E-state index in [-0.39, 0.29) is 23.0 Å². The first-order valence-corrected chi connectivity index (χ1v) is 6.58. The van der Waals surface area contributed by atoms with E-state index in [1.54, 1.807) is 0 Å². The molecule has 0 saturated heterocycles. The summed E-state index contributed by atoms with van der Waals surface area (Å²) < 4.78 is 45.8. The van der Waals surface area contributed by atoms with Gasteiger partial charge in [-0.15, -0.1) is 5.10 Å². The molecular formula is C13H8F3N5O4. The lowest BCUT2D eigenvalue weighted by atomic mass is 10.3. The number of pyridine rings is 1. The molecule has 0 aliphatic carbocycles. The zero-order chi connectivity index (χ0) is 18.4. The van der Waals surface area contributed by atoms with E-state index in [9.17, 15) is 22.8 Å². The van der Waals surface area contributed by atoms with Crippen LogP contribution in [0.3, 0.4) is 0 Å². The van der Waals surface area contributed by atoms with E-state index in [1.807, 2.05) is 0 Å². The van der Waals surface area contributed by atoms with Crippen molar-refractivity contribution in [2.75, 3.05) is 0 Å². The smallest absolute Gasteiger partial charge is 0.437 e. The molecule has 0 aromatic carbocycles. The highest BCUT2D eigenvalue weighted by atomic mass is 19.4. The van der Waals surface area contributed by atoms with Crippen molar-refractivity contribution in [2.24, 2.45) is 7.05 Å². The van der Waals surface area contributed by atoms with E-state index < -0.39 is 23.6 Å². The maximum absolute atomic E-state index is 13.3. The summed E-state index contributed by atoms with van der Waals surface area (Å²) in [6, 6.07) is 2.81. The Bertz CT molecular complexity index is 1000. The van der Waals surface area contributed by atoms with Crippen LogP contribution in [0, 0.1) is 0 Å². The van der Waals surface area contributed by atoms with E-state index in [0.717, 1.165) is 23.0 Å². The number of aromatic carboxylic acids is 1. The fourth-order valence-corrected chi connectivity index (χ4v) is 1.95. The van der Waals surface area contributed by atoms with Crippen molar-refractivity contribution in [1.82, 2.24) is 24.5 Å². The Morgan fingerprint density at radius 2 is 2.00 bits per heavy atom. The second-order valence-corrected chi connectivity index (χ2v) is 4.83. The Morgan fingerprint density at radius 3 is 2.48 bits per heavy atom. The van der Waals surface area contributed by atoms with Gasteiger partial charge in [0.2, 0.25) is 0 Å². The molecule has 3 rings (SSSR count). The van der Waals surface area contributed by atoms with Crippen molar-refractivity contribution in [1.29, 1.82) is 0 Å². The number of aromatic nitrogens is 5. The number of hydrogen-bond donors (Lipinski definition) is 1. The molecule has 0 unspecified atom stereocenters. The standard InChI is InChI=1S/C13H8F3N5O4/c1-20-12(24)25-10(19-20)7-4-8(13(14,15)16)21(18-7)9-3-2-6(5-17-9)11(22)23/h2-5H,1H3,(H,22,23). The Hall–Kier alpha value is -3.44. The van der Waals surface area contributed by atoms with Gasteiger partial charge in [0.15, 0.2) is 17.2 Å². The van der Waals surface area contributed by atoms with Crippen molar-refractivity contribution < 1.29 is 27.5 Å². The average Bonchev–Trinajstić information content (AvgIpc) is 3.12. The largest absolute Gasteiger partial charge is 0.478 e. The molecule has 130 valence electrons. The van der Waals surface area contributed by atoms with Crippen LogP contribution in [0.5, 0.6) is 0 Å². The van der Waals surface area contributed by atoms with Crippen LogP contribution in [0.4, 0.5) is 13.2 Å². The first-order valence-electron chi connectivity index (χ1n) is 6.58. The molecule has 0 atom stereocenters. The van der Waals surface area contributed by atoms with E-state index in [4.69, 9.17) is 9.52 Å². The van der Waals surface area contributed by atoms with Crippen molar-refractivity contribution in [3.05, 3.63) is 46.2 Å². The number of rotatable bonds is 3. The van der Waals surface area contributed by atoms with Crippen LogP contribution in [0.25, 0.3) is 17.4 Å². The second-order valence-electron chi connectivity index (χ2n) is 4.83. The fraction of sp³-hybridized carbons (Fsp3) is 0.154. The number of halogens is 3. The molecule has 0 amide bonds. The first-order chi connectivity index (χ1) is 11.7. The first kappa shape index (κ1) is 16.4. The van der Waals surface area contributed by atoms with E-state index in [1.165, 1.54) is 7.05 Å². The lowest BCUT2D eigenvalue weighted by molar-refractivity contribution is -0.142. The summed E-state index contributed by atoms with van der Waals surface area (Å²) in [7, 11) is 1.27. The molecule has 0 aliphatic rings. The number of hydrogen-bond acceptors (Lipinski definition) is 6. The van der Waals surface area contributed by atoms with Crippen LogP contribution in [-0.4, -0.2) is 35.6 Å². The van der Waals surface area contributed by atoms with E-state index in [0.29, 0.717) is 10.7 Å². The summed E-state index contributed by atoms with van der Waals surface area (Å²) >= 11 is 0. The van der Waals surface area contributed by atoms with Crippen LogP contribution in [-0.2, 0) is 13.2 Å². The molecule has 25 heavy (non-hydrogen) atoms. The van der Waals surface area contributed by atoms with Crippen LogP contribution in [0.1, 0.15) is 16.1 Å². The van der Waals surface area contributed by atoms with Gasteiger partial charge in [0.05, 0.1) is 5.56 Å². The Kier molecular flexibility index (Phi) is 3.66. The highest BCUT2D eigenvalue weighted by Crippen LogP contribution is 2.33. The van der Waals surface area contributed by atoms with Gasteiger partial charge in [-0.1, -0.05) is 0 Å². The van der Waals surface area contributed by atoms with E-state index >= 15 is 0 Å². The van der Waals surface area contributed by atoms with Gasteiger partial charge in [0, 0.05) is 19.3 Å². The number of alkyl halides is 3. The Labute approximate surface area is 135 Å². The predicted octanol–water partition coefficient (Wildman–Crippen LogP) is 1.34. The van der Waals surface area contributed by atoms with Crippen LogP contribution in [0.15, 0.2) is 33.6 Å². The number of nitrogens with zero attached hydrogens (tertiary/aromatic N) is 5. The summed E-state index contributed by atoms with van der Waals surface area (Å²) in [6.07, 6.45) is -3.88. The quantitative estimate of drug-likeness (QED) is 0.753. The SMILES string of the molecule is Cn1nc(-c2cc(C(F)(F)F)n(-c3ccc(C(=O)O)cn3)n2)oc1=O. The van der Waals surface area contributed by atoms with Crippen molar-refractivity contribution in [3.8, 4) is 17.4 Å².